The molecule has 0 radical (unpaired) electrons. The van der Waals surface area contributed by atoms with Gasteiger partial charge in [-0.25, -0.2) is 4.79 Å². The summed E-state index contributed by atoms with van der Waals surface area (Å²) < 4.78 is 10.4. The maximum atomic E-state index is 12.4. The maximum absolute atomic E-state index is 12.4. The Kier molecular flexibility index (Phi) is 7.81. The van der Waals surface area contributed by atoms with E-state index in [0.29, 0.717) is 11.7 Å². The fraction of sp³-hybridized carbons (Fsp3) is 0.304. The monoisotopic (exact) mass is 381 g/mol. The number of methoxy groups -OCH3 is 1. The van der Waals surface area contributed by atoms with Crippen molar-refractivity contribution >= 4 is 23.6 Å². The standard InChI is InChI=1S/C23H27NO4/c1-5-16(2)20-11-6-7-12-21(20)24-23(26)17(3)28-22(25)14-13-18-9-8-10-19(15-18)27-4/h6-17H,5H2,1-4H3,(H,24,26)/b14-13+/t16-,17+/m1/s1. The molecule has 0 saturated carbocycles. The number of hydrogen-bond acceptors (Lipinski definition) is 4. The lowest BCUT2D eigenvalue weighted by atomic mass is 9.97. The Morgan fingerprint density at radius 1 is 1.11 bits per heavy atom. The van der Waals surface area contributed by atoms with Crippen LogP contribution in [0.4, 0.5) is 5.69 Å². The Bertz CT molecular complexity index is 844. The van der Waals surface area contributed by atoms with Crippen LogP contribution in [0.1, 0.15) is 44.2 Å². The van der Waals surface area contributed by atoms with Crippen molar-refractivity contribution in [1.29, 1.82) is 0 Å². The number of anilines is 1. The van der Waals surface area contributed by atoms with Crippen LogP contribution < -0.4 is 10.1 Å². The average molecular weight is 381 g/mol. The minimum Gasteiger partial charge on any atom is -0.497 e. The first-order valence-electron chi connectivity index (χ1n) is 9.37. The van der Waals surface area contributed by atoms with Gasteiger partial charge in [0.05, 0.1) is 7.11 Å². The van der Waals surface area contributed by atoms with E-state index in [-0.39, 0.29) is 5.91 Å². The van der Waals surface area contributed by atoms with E-state index in [2.05, 4.69) is 19.2 Å². The van der Waals surface area contributed by atoms with Gasteiger partial charge in [0.15, 0.2) is 6.10 Å². The first-order valence-corrected chi connectivity index (χ1v) is 9.37. The first-order chi connectivity index (χ1) is 13.4. The van der Waals surface area contributed by atoms with Gasteiger partial charge in [-0.3, -0.25) is 4.79 Å². The third-order valence-electron chi connectivity index (χ3n) is 4.53. The van der Waals surface area contributed by atoms with Crippen molar-refractivity contribution in [2.75, 3.05) is 12.4 Å². The molecule has 1 N–H and O–H groups in total. The van der Waals surface area contributed by atoms with Gasteiger partial charge in [-0.15, -0.1) is 0 Å². The maximum Gasteiger partial charge on any atom is 0.331 e. The van der Waals surface area contributed by atoms with E-state index < -0.39 is 12.1 Å². The molecule has 0 saturated heterocycles. The number of hydrogen-bond donors (Lipinski definition) is 1. The number of rotatable bonds is 8. The molecule has 28 heavy (non-hydrogen) atoms. The molecule has 2 aromatic carbocycles. The molecule has 0 unspecified atom stereocenters. The van der Waals surface area contributed by atoms with Crippen molar-refractivity contribution in [2.45, 2.75) is 39.2 Å². The van der Waals surface area contributed by atoms with Crippen molar-refractivity contribution < 1.29 is 19.1 Å². The van der Waals surface area contributed by atoms with E-state index >= 15 is 0 Å². The second-order valence-electron chi connectivity index (χ2n) is 6.57. The van der Waals surface area contributed by atoms with Gasteiger partial charge >= 0.3 is 5.97 Å². The Balaban J connectivity index is 1.97. The molecule has 0 aliphatic carbocycles. The second kappa shape index (κ2) is 10.3. The van der Waals surface area contributed by atoms with Crippen LogP contribution in [-0.4, -0.2) is 25.1 Å². The highest BCUT2D eigenvalue weighted by Gasteiger charge is 2.18. The number of benzene rings is 2. The van der Waals surface area contributed by atoms with Crippen LogP contribution in [0.5, 0.6) is 5.75 Å². The van der Waals surface area contributed by atoms with E-state index in [0.717, 1.165) is 23.2 Å². The highest BCUT2D eigenvalue weighted by Crippen LogP contribution is 2.26. The minimum absolute atomic E-state index is 0.320. The Labute approximate surface area is 166 Å². The van der Waals surface area contributed by atoms with Crippen LogP contribution in [0.15, 0.2) is 54.6 Å². The van der Waals surface area contributed by atoms with Crippen LogP contribution in [0.2, 0.25) is 0 Å². The summed E-state index contributed by atoms with van der Waals surface area (Å²) in [6.45, 7) is 5.76. The summed E-state index contributed by atoms with van der Waals surface area (Å²) in [4.78, 5) is 24.5. The van der Waals surface area contributed by atoms with Gasteiger partial charge < -0.3 is 14.8 Å². The Hall–Kier alpha value is -3.08. The quantitative estimate of drug-likeness (QED) is 0.527. The predicted octanol–water partition coefficient (Wildman–Crippen LogP) is 4.79. The van der Waals surface area contributed by atoms with E-state index in [9.17, 15) is 9.59 Å². The van der Waals surface area contributed by atoms with E-state index in [1.54, 1.807) is 26.2 Å². The summed E-state index contributed by atoms with van der Waals surface area (Å²) in [6, 6.07) is 15.0. The van der Waals surface area contributed by atoms with Gasteiger partial charge in [0.1, 0.15) is 5.75 Å². The van der Waals surface area contributed by atoms with Gasteiger partial charge in [0.25, 0.3) is 5.91 Å². The van der Waals surface area contributed by atoms with Crippen LogP contribution in [-0.2, 0) is 14.3 Å². The lowest BCUT2D eigenvalue weighted by Crippen LogP contribution is -2.29. The van der Waals surface area contributed by atoms with Gasteiger partial charge in [0.2, 0.25) is 0 Å². The molecule has 1 amide bonds. The van der Waals surface area contributed by atoms with Crippen LogP contribution in [0.25, 0.3) is 6.08 Å². The van der Waals surface area contributed by atoms with E-state index in [4.69, 9.17) is 9.47 Å². The molecule has 2 atom stereocenters. The number of carbonyl (C=O) groups excluding carboxylic acids is 2. The van der Waals surface area contributed by atoms with E-state index in [1.807, 2.05) is 42.5 Å². The molecular formula is C23H27NO4. The Morgan fingerprint density at radius 2 is 1.86 bits per heavy atom. The third kappa shape index (κ3) is 5.98. The fourth-order valence-electron chi connectivity index (χ4n) is 2.67. The largest absolute Gasteiger partial charge is 0.497 e. The molecule has 0 aliphatic heterocycles. The zero-order valence-electron chi connectivity index (χ0n) is 16.8. The highest BCUT2D eigenvalue weighted by atomic mass is 16.5. The van der Waals surface area contributed by atoms with Crippen LogP contribution in [0.3, 0.4) is 0 Å². The molecule has 5 heteroatoms. The average Bonchev–Trinajstić information content (AvgIpc) is 2.72. The summed E-state index contributed by atoms with van der Waals surface area (Å²) in [5.41, 5.74) is 2.61. The summed E-state index contributed by atoms with van der Waals surface area (Å²) in [6.07, 6.45) is 2.97. The second-order valence-corrected chi connectivity index (χ2v) is 6.57. The molecule has 0 bridgehead atoms. The van der Waals surface area contributed by atoms with Crippen molar-refractivity contribution in [3.63, 3.8) is 0 Å². The SMILES string of the molecule is CC[C@@H](C)c1ccccc1NC(=O)[C@H](C)OC(=O)/C=C/c1cccc(OC)c1. The number of nitrogens with one attached hydrogen (secondary N) is 1. The molecular weight excluding hydrogens is 354 g/mol. The lowest BCUT2D eigenvalue weighted by molar-refractivity contribution is -0.148. The molecule has 2 aromatic rings. The van der Waals surface area contributed by atoms with E-state index in [1.165, 1.54) is 6.08 Å². The predicted molar refractivity (Wildman–Crippen MR) is 111 cm³/mol. The normalized spacial score (nSPS) is 13.0. The van der Waals surface area contributed by atoms with Crippen molar-refractivity contribution in [1.82, 2.24) is 0 Å². The number of ether oxygens (including phenoxy) is 2. The molecule has 0 aliphatic rings. The minimum atomic E-state index is -0.910. The molecule has 148 valence electrons. The lowest BCUT2D eigenvalue weighted by Gasteiger charge is -2.17. The number of carbonyl (C=O) groups is 2. The molecule has 0 fully saturated rings. The first kappa shape index (κ1) is 21.2. The summed E-state index contributed by atoms with van der Waals surface area (Å²) in [5, 5.41) is 2.86. The van der Waals surface area contributed by atoms with Crippen LogP contribution >= 0.6 is 0 Å². The molecule has 2 rings (SSSR count). The molecule has 0 spiro atoms. The van der Waals surface area contributed by atoms with Gasteiger partial charge in [0, 0.05) is 11.8 Å². The third-order valence-corrected chi connectivity index (χ3v) is 4.53. The zero-order chi connectivity index (χ0) is 20.5. The van der Waals surface area contributed by atoms with Gasteiger partial charge in [-0.05, 0) is 54.7 Å². The van der Waals surface area contributed by atoms with Crippen LogP contribution in [0, 0.1) is 0 Å². The number of amides is 1. The molecule has 0 heterocycles. The van der Waals surface area contributed by atoms with Crippen molar-refractivity contribution in [3.05, 3.63) is 65.7 Å². The number of esters is 1. The zero-order valence-corrected chi connectivity index (χ0v) is 16.8. The highest BCUT2D eigenvalue weighted by molar-refractivity contribution is 5.97. The topological polar surface area (TPSA) is 64.6 Å². The summed E-state index contributed by atoms with van der Waals surface area (Å²) in [7, 11) is 1.58. The van der Waals surface area contributed by atoms with Gasteiger partial charge in [-0.1, -0.05) is 44.2 Å². The summed E-state index contributed by atoms with van der Waals surface area (Å²) in [5.74, 6) is 0.0722. The molecule has 0 aromatic heterocycles. The van der Waals surface area contributed by atoms with Gasteiger partial charge in [-0.2, -0.15) is 0 Å². The van der Waals surface area contributed by atoms with Crippen molar-refractivity contribution in [2.24, 2.45) is 0 Å². The molecule has 5 nitrogen and oxygen atoms in total. The fourth-order valence-corrected chi connectivity index (χ4v) is 2.67. The number of para-hydroxylation sites is 1. The van der Waals surface area contributed by atoms with Crippen molar-refractivity contribution in [3.8, 4) is 5.75 Å². The summed E-state index contributed by atoms with van der Waals surface area (Å²) >= 11 is 0. The Morgan fingerprint density at radius 3 is 2.57 bits per heavy atom. The smallest absolute Gasteiger partial charge is 0.331 e.